The SMILES string of the molecule is COC(=O)N1CCN(C(=O)c2ccc(N3CCC(C(O)(c4ccccc4)c4ccccc4)CC3)c(N)c2)CC1. The van der Waals surface area contributed by atoms with Crippen molar-refractivity contribution in [1.29, 1.82) is 0 Å². The third-order valence-electron chi connectivity index (χ3n) is 8.13. The van der Waals surface area contributed by atoms with Gasteiger partial charge in [-0.3, -0.25) is 4.79 Å². The van der Waals surface area contributed by atoms with Gasteiger partial charge in [-0.15, -0.1) is 0 Å². The quantitative estimate of drug-likeness (QED) is 0.487. The van der Waals surface area contributed by atoms with E-state index in [0.717, 1.165) is 42.7 Å². The maximum atomic E-state index is 13.1. The minimum absolute atomic E-state index is 0.0456. The number of nitrogen functional groups attached to an aromatic ring is 1. The van der Waals surface area contributed by atoms with Gasteiger partial charge < -0.3 is 30.3 Å². The number of piperidine rings is 1. The van der Waals surface area contributed by atoms with E-state index in [1.54, 1.807) is 15.9 Å². The number of rotatable bonds is 5. The standard InChI is InChI=1S/C31H36N4O4/c1-39-30(37)35-20-18-34(19-21-35)29(36)23-12-13-28(27(32)22-23)33-16-14-26(15-17-33)31(38,24-8-4-2-5-9-24)25-10-6-3-7-11-25/h2-13,22,26,38H,14-21,32H2,1H3. The van der Waals surface area contributed by atoms with Crippen LogP contribution in [0.4, 0.5) is 16.2 Å². The predicted molar refractivity (Wildman–Crippen MR) is 152 cm³/mol. The largest absolute Gasteiger partial charge is 0.453 e. The van der Waals surface area contributed by atoms with Gasteiger partial charge in [0, 0.05) is 44.8 Å². The summed E-state index contributed by atoms with van der Waals surface area (Å²) in [5, 5.41) is 12.2. The molecule has 0 spiro atoms. The molecule has 2 aliphatic heterocycles. The van der Waals surface area contributed by atoms with Crippen LogP contribution in [0, 0.1) is 5.92 Å². The van der Waals surface area contributed by atoms with Crippen molar-refractivity contribution >= 4 is 23.4 Å². The van der Waals surface area contributed by atoms with Crippen molar-refractivity contribution in [2.75, 3.05) is 57.0 Å². The number of nitrogens with zero attached hydrogens (tertiary/aromatic N) is 3. The molecule has 39 heavy (non-hydrogen) atoms. The summed E-state index contributed by atoms with van der Waals surface area (Å²) in [6.07, 6.45) is 1.22. The number of amides is 2. The minimum atomic E-state index is -1.08. The monoisotopic (exact) mass is 528 g/mol. The highest BCUT2D eigenvalue weighted by Crippen LogP contribution is 2.43. The molecule has 0 aromatic heterocycles. The van der Waals surface area contributed by atoms with Gasteiger partial charge in [0.2, 0.25) is 0 Å². The molecule has 2 fully saturated rings. The van der Waals surface area contributed by atoms with Crippen LogP contribution in [-0.4, -0.2) is 73.3 Å². The van der Waals surface area contributed by atoms with Crippen LogP contribution in [0.15, 0.2) is 78.9 Å². The number of ether oxygens (including phenoxy) is 1. The van der Waals surface area contributed by atoms with Crippen LogP contribution in [0.25, 0.3) is 0 Å². The van der Waals surface area contributed by atoms with Crippen LogP contribution in [0.2, 0.25) is 0 Å². The average molecular weight is 529 g/mol. The second-order valence-electron chi connectivity index (χ2n) is 10.3. The Morgan fingerprint density at radius 1 is 0.821 bits per heavy atom. The molecule has 204 valence electrons. The lowest BCUT2D eigenvalue weighted by molar-refractivity contribution is 0.00506. The highest BCUT2D eigenvalue weighted by molar-refractivity contribution is 5.96. The number of carbonyl (C=O) groups is 2. The molecule has 0 aliphatic carbocycles. The van der Waals surface area contributed by atoms with Crippen LogP contribution < -0.4 is 10.6 Å². The lowest BCUT2D eigenvalue weighted by atomic mass is 9.72. The summed E-state index contributed by atoms with van der Waals surface area (Å²) in [6, 6.07) is 25.3. The number of benzene rings is 3. The van der Waals surface area contributed by atoms with Gasteiger partial charge in [-0.05, 0) is 48.1 Å². The van der Waals surface area contributed by atoms with Crippen LogP contribution in [0.5, 0.6) is 0 Å². The fourth-order valence-electron chi connectivity index (χ4n) is 5.94. The molecule has 3 N–H and O–H groups in total. The fraction of sp³-hybridized carbons (Fsp3) is 0.355. The molecule has 2 amide bonds. The molecule has 5 rings (SSSR count). The zero-order chi connectivity index (χ0) is 27.4. The van der Waals surface area contributed by atoms with E-state index in [4.69, 9.17) is 10.5 Å². The lowest BCUT2D eigenvalue weighted by Crippen LogP contribution is -2.50. The van der Waals surface area contributed by atoms with Crippen molar-refractivity contribution in [3.05, 3.63) is 95.6 Å². The van der Waals surface area contributed by atoms with Gasteiger partial charge in [0.15, 0.2) is 0 Å². The Balaban J connectivity index is 1.27. The Morgan fingerprint density at radius 2 is 1.36 bits per heavy atom. The van der Waals surface area contributed by atoms with Gasteiger partial charge in [-0.25, -0.2) is 4.79 Å². The molecule has 2 saturated heterocycles. The Bertz CT molecular complexity index is 1240. The summed E-state index contributed by atoms with van der Waals surface area (Å²) in [4.78, 5) is 30.4. The zero-order valence-corrected chi connectivity index (χ0v) is 22.3. The summed E-state index contributed by atoms with van der Waals surface area (Å²) in [5.41, 5.74) is 9.22. The Kier molecular flexibility index (Phi) is 7.74. The number of nitrogens with two attached hydrogens (primary N) is 1. The molecule has 0 saturated carbocycles. The van der Waals surface area contributed by atoms with E-state index in [0.29, 0.717) is 37.4 Å². The van der Waals surface area contributed by atoms with Gasteiger partial charge in [0.25, 0.3) is 5.91 Å². The zero-order valence-electron chi connectivity index (χ0n) is 22.3. The number of aliphatic hydroxyl groups is 1. The number of carbonyl (C=O) groups excluding carboxylic acids is 2. The third kappa shape index (κ3) is 5.29. The highest BCUT2D eigenvalue weighted by atomic mass is 16.5. The lowest BCUT2D eigenvalue weighted by Gasteiger charge is -2.43. The first-order valence-corrected chi connectivity index (χ1v) is 13.5. The van der Waals surface area contributed by atoms with E-state index in [1.807, 2.05) is 72.8 Å². The summed E-state index contributed by atoms with van der Waals surface area (Å²) in [5.74, 6) is -0.0449. The maximum absolute atomic E-state index is 13.1. The van der Waals surface area contributed by atoms with Crippen molar-refractivity contribution in [2.24, 2.45) is 5.92 Å². The number of piperazine rings is 1. The van der Waals surface area contributed by atoms with Crippen LogP contribution in [0.3, 0.4) is 0 Å². The van der Waals surface area contributed by atoms with Crippen molar-refractivity contribution in [1.82, 2.24) is 9.80 Å². The molecule has 0 atom stereocenters. The summed E-state index contributed by atoms with van der Waals surface area (Å²) < 4.78 is 4.78. The van der Waals surface area contributed by atoms with E-state index >= 15 is 0 Å². The molecular weight excluding hydrogens is 492 g/mol. The number of anilines is 2. The number of hydrogen-bond donors (Lipinski definition) is 2. The average Bonchev–Trinajstić information content (AvgIpc) is 3.01. The van der Waals surface area contributed by atoms with Crippen LogP contribution >= 0.6 is 0 Å². The summed E-state index contributed by atoms with van der Waals surface area (Å²) in [6.45, 7) is 3.29. The molecule has 0 radical (unpaired) electrons. The Labute approximate surface area is 229 Å². The van der Waals surface area contributed by atoms with Crippen molar-refractivity contribution in [3.8, 4) is 0 Å². The second kappa shape index (κ2) is 11.4. The first kappa shape index (κ1) is 26.6. The van der Waals surface area contributed by atoms with Crippen LogP contribution in [0.1, 0.15) is 34.3 Å². The molecule has 3 aromatic carbocycles. The van der Waals surface area contributed by atoms with Gasteiger partial charge in [0.1, 0.15) is 5.60 Å². The number of hydrogen-bond acceptors (Lipinski definition) is 6. The second-order valence-corrected chi connectivity index (χ2v) is 10.3. The molecule has 2 heterocycles. The first-order chi connectivity index (χ1) is 18.9. The third-order valence-corrected chi connectivity index (χ3v) is 8.13. The van der Waals surface area contributed by atoms with Crippen molar-refractivity contribution < 1.29 is 19.4 Å². The number of methoxy groups -OCH3 is 1. The Morgan fingerprint density at radius 3 is 1.87 bits per heavy atom. The molecule has 2 aliphatic rings. The molecular formula is C31H36N4O4. The summed E-state index contributed by atoms with van der Waals surface area (Å²) >= 11 is 0. The molecule has 8 nitrogen and oxygen atoms in total. The van der Waals surface area contributed by atoms with Crippen molar-refractivity contribution in [2.45, 2.75) is 18.4 Å². The van der Waals surface area contributed by atoms with E-state index < -0.39 is 5.60 Å². The summed E-state index contributed by atoms with van der Waals surface area (Å²) in [7, 11) is 1.36. The predicted octanol–water partition coefficient (Wildman–Crippen LogP) is 3.95. The van der Waals surface area contributed by atoms with E-state index in [-0.39, 0.29) is 17.9 Å². The molecule has 8 heteroatoms. The molecule has 3 aromatic rings. The van der Waals surface area contributed by atoms with Gasteiger partial charge >= 0.3 is 6.09 Å². The Hall–Kier alpha value is -4.04. The molecule has 0 unspecified atom stereocenters. The van der Waals surface area contributed by atoms with E-state index in [9.17, 15) is 14.7 Å². The van der Waals surface area contributed by atoms with Gasteiger partial charge in [-0.1, -0.05) is 60.7 Å². The fourth-order valence-corrected chi connectivity index (χ4v) is 5.94. The normalized spacial score (nSPS) is 16.7. The highest BCUT2D eigenvalue weighted by Gasteiger charge is 2.41. The van der Waals surface area contributed by atoms with Gasteiger partial charge in [0.05, 0.1) is 18.5 Å². The van der Waals surface area contributed by atoms with E-state index in [1.165, 1.54) is 7.11 Å². The van der Waals surface area contributed by atoms with Crippen LogP contribution in [-0.2, 0) is 10.3 Å². The first-order valence-electron chi connectivity index (χ1n) is 13.5. The smallest absolute Gasteiger partial charge is 0.409 e. The maximum Gasteiger partial charge on any atom is 0.409 e. The van der Waals surface area contributed by atoms with E-state index in [2.05, 4.69) is 4.90 Å². The van der Waals surface area contributed by atoms with Crippen molar-refractivity contribution in [3.63, 3.8) is 0 Å². The molecule has 0 bridgehead atoms. The topological polar surface area (TPSA) is 99.3 Å². The van der Waals surface area contributed by atoms with Gasteiger partial charge in [-0.2, -0.15) is 0 Å². The minimum Gasteiger partial charge on any atom is -0.453 e.